The van der Waals surface area contributed by atoms with Crippen molar-refractivity contribution < 1.29 is 18.3 Å². The molecular weight excluding hydrogens is 418 g/mol. The monoisotopic (exact) mass is 444 g/mol. The van der Waals surface area contributed by atoms with Crippen LogP contribution in [0.2, 0.25) is 0 Å². The van der Waals surface area contributed by atoms with Crippen LogP contribution in [0, 0.1) is 5.41 Å². The first-order valence-corrected chi connectivity index (χ1v) is 11.2. The molecular formula is C22H26F2N6O2. The molecule has 1 aliphatic carbocycles. The second-order valence-electron chi connectivity index (χ2n) is 9.41. The number of nitrogens with two attached hydrogens (primary N) is 1. The lowest BCUT2D eigenvalue weighted by molar-refractivity contribution is -0.0494. The molecule has 5 fully saturated rings. The number of halogens is 2. The lowest BCUT2D eigenvalue weighted by Gasteiger charge is -2.45. The Bertz CT molecular complexity index is 1030. The van der Waals surface area contributed by atoms with Crippen LogP contribution in [0.4, 0.5) is 26.4 Å². The molecule has 2 aromatic rings. The highest BCUT2D eigenvalue weighted by Crippen LogP contribution is 2.53. The van der Waals surface area contributed by atoms with Crippen LogP contribution in [0.15, 0.2) is 18.3 Å². The zero-order chi connectivity index (χ0) is 21.9. The van der Waals surface area contributed by atoms with Gasteiger partial charge in [-0.15, -0.1) is 0 Å². The minimum Gasteiger partial charge on any atom is -0.431 e. The minimum absolute atomic E-state index is 0.0794. The maximum Gasteiger partial charge on any atom is 0.387 e. The summed E-state index contributed by atoms with van der Waals surface area (Å²) in [4.78, 5) is 18.4. The van der Waals surface area contributed by atoms with Gasteiger partial charge in [0, 0.05) is 37.5 Å². The molecule has 5 aliphatic rings. The van der Waals surface area contributed by atoms with Gasteiger partial charge in [-0.3, -0.25) is 0 Å². The SMILES string of the molecule is Nc1ncc(-c2cc(N3C[C@@H]4CC[C@H]3CO4)nc(N3CCC4(CC4)C3)n2)cc1OC(F)F. The van der Waals surface area contributed by atoms with Crippen LogP contribution in [0.25, 0.3) is 11.3 Å². The Morgan fingerprint density at radius 1 is 1.19 bits per heavy atom. The number of rotatable bonds is 5. The summed E-state index contributed by atoms with van der Waals surface area (Å²) in [5, 5.41) is 0. The number of hydrogen-bond acceptors (Lipinski definition) is 8. The molecule has 8 nitrogen and oxygen atoms in total. The van der Waals surface area contributed by atoms with Crippen LogP contribution in [-0.4, -0.2) is 60.0 Å². The molecule has 7 rings (SSSR count). The third-order valence-electron chi connectivity index (χ3n) is 7.25. The Labute approximate surface area is 184 Å². The molecule has 4 saturated heterocycles. The van der Waals surface area contributed by atoms with Crippen molar-refractivity contribution in [2.75, 3.05) is 41.8 Å². The van der Waals surface area contributed by atoms with Crippen molar-refractivity contribution in [3.8, 4) is 17.0 Å². The molecule has 32 heavy (non-hydrogen) atoms. The van der Waals surface area contributed by atoms with Gasteiger partial charge in [0.25, 0.3) is 0 Å². The Balaban J connectivity index is 1.39. The van der Waals surface area contributed by atoms with Gasteiger partial charge < -0.3 is 25.0 Å². The first-order valence-electron chi connectivity index (χ1n) is 11.2. The fourth-order valence-corrected chi connectivity index (χ4v) is 5.17. The number of anilines is 3. The molecule has 1 saturated carbocycles. The maximum atomic E-state index is 12.8. The topological polar surface area (TPSA) is 89.6 Å². The number of piperidine rings is 1. The number of aromatic nitrogens is 3. The average molecular weight is 444 g/mol. The molecule has 2 atom stereocenters. The van der Waals surface area contributed by atoms with Gasteiger partial charge >= 0.3 is 6.61 Å². The van der Waals surface area contributed by atoms with E-state index < -0.39 is 6.61 Å². The van der Waals surface area contributed by atoms with E-state index in [1.54, 1.807) is 6.20 Å². The summed E-state index contributed by atoms with van der Waals surface area (Å²) in [7, 11) is 0. The van der Waals surface area contributed by atoms with Gasteiger partial charge in [-0.1, -0.05) is 0 Å². The Hall–Kier alpha value is -2.75. The lowest BCUT2D eigenvalue weighted by atomic mass is 9.97. The van der Waals surface area contributed by atoms with Crippen molar-refractivity contribution in [3.63, 3.8) is 0 Å². The van der Waals surface area contributed by atoms with Gasteiger partial charge in [-0.2, -0.15) is 13.8 Å². The summed E-state index contributed by atoms with van der Waals surface area (Å²) >= 11 is 0. The standard InChI is InChI=1S/C22H26F2N6O2/c23-20(24)32-17-7-13(9-26-19(17)25)16-8-18(30-10-15-2-1-14(30)11-31-15)28-21(27-16)29-6-5-22(12-29)3-4-22/h7-9,14-15,20H,1-6,10-12H2,(H2,25,26)/t14-,15-/m0/s1. The average Bonchev–Trinajstić information content (AvgIpc) is 3.43. The predicted molar refractivity (Wildman–Crippen MR) is 115 cm³/mol. The van der Waals surface area contributed by atoms with Crippen molar-refractivity contribution in [1.82, 2.24) is 15.0 Å². The van der Waals surface area contributed by atoms with Crippen LogP contribution >= 0.6 is 0 Å². The Kier molecular flexibility index (Phi) is 4.60. The predicted octanol–water partition coefficient (Wildman–Crippen LogP) is 3.08. The van der Waals surface area contributed by atoms with E-state index in [1.165, 1.54) is 18.9 Å². The number of nitrogen functional groups attached to an aromatic ring is 1. The third-order valence-corrected chi connectivity index (χ3v) is 7.25. The number of fused-ring (bicyclic) bond motifs is 3. The lowest BCUT2D eigenvalue weighted by Crippen LogP contribution is -2.55. The molecule has 0 amide bonds. The first kappa shape index (κ1) is 19.9. The van der Waals surface area contributed by atoms with Gasteiger partial charge in [-0.05, 0) is 43.6 Å². The molecule has 2 N–H and O–H groups in total. The summed E-state index contributed by atoms with van der Waals surface area (Å²) in [6, 6.07) is 3.67. The van der Waals surface area contributed by atoms with Gasteiger partial charge in [0.15, 0.2) is 11.6 Å². The van der Waals surface area contributed by atoms with Crippen molar-refractivity contribution in [2.45, 2.75) is 50.9 Å². The van der Waals surface area contributed by atoms with E-state index in [4.69, 9.17) is 20.4 Å². The molecule has 4 aliphatic heterocycles. The number of pyridine rings is 1. The summed E-state index contributed by atoms with van der Waals surface area (Å²) < 4.78 is 36.1. The summed E-state index contributed by atoms with van der Waals surface area (Å²) in [5.41, 5.74) is 7.36. The van der Waals surface area contributed by atoms with Crippen molar-refractivity contribution >= 4 is 17.6 Å². The van der Waals surface area contributed by atoms with E-state index in [1.807, 2.05) is 6.07 Å². The van der Waals surface area contributed by atoms with Crippen LogP contribution in [-0.2, 0) is 4.74 Å². The Morgan fingerprint density at radius 3 is 2.72 bits per heavy atom. The molecule has 2 aromatic heterocycles. The molecule has 0 aromatic carbocycles. The first-order chi connectivity index (χ1) is 15.5. The molecule has 0 radical (unpaired) electrons. The van der Waals surface area contributed by atoms with Crippen LogP contribution in [0.3, 0.4) is 0 Å². The van der Waals surface area contributed by atoms with Gasteiger partial charge in [0.2, 0.25) is 5.95 Å². The molecule has 10 heteroatoms. The third kappa shape index (κ3) is 3.60. The second kappa shape index (κ2) is 7.40. The normalized spacial score (nSPS) is 25.7. The highest BCUT2D eigenvalue weighted by atomic mass is 19.3. The van der Waals surface area contributed by atoms with E-state index in [2.05, 4.69) is 19.5 Å². The Morgan fingerprint density at radius 2 is 2.06 bits per heavy atom. The number of alkyl halides is 2. The fourth-order valence-electron chi connectivity index (χ4n) is 5.17. The van der Waals surface area contributed by atoms with E-state index >= 15 is 0 Å². The number of nitrogens with zero attached hydrogens (tertiary/aromatic N) is 5. The highest BCUT2D eigenvalue weighted by Gasteiger charge is 2.48. The van der Waals surface area contributed by atoms with Gasteiger partial charge in [-0.25, -0.2) is 9.97 Å². The van der Waals surface area contributed by atoms with Crippen molar-refractivity contribution in [2.24, 2.45) is 5.41 Å². The zero-order valence-corrected chi connectivity index (χ0v) is 17.7. The van der Waals surface area contributed by atoms with Gasteiger partial charge in [0.1, 0.15) is 5.82 Å². The van der Waals surface area contributed by atoms with Crippen LogP contribution < -0.4 is 20.3 Å². The van der Waals surface area contributed by atoms with E-state index in [0.717, 1.165) is 44.7 Å². The van der Waals surface area contributed by atoms with E-state index in [9.17, 15) is 8.78 Å². The van der Waals surface area contributed by atoms with E-state index in [-0.39, 0.29) is 23.7 Å². The highest BCUT2D eigenvalue weighted by molar-refractivity contribution is 5.68. The molecule has 1 spiro atoms. The molecule has 0 unspecified atom stereocenters. The number of hydrogen-bond donors (Lipinski definition) is 1. The quantitative estimate of drug-likeness (QED) is 0.753. The largest absolute Gasteiger partial charge is 0.431 e. The van der Waals surface area contributed by atoms with Crippen LogP contribution in [0.1, 0.15) is 32.1 Å². The van der Waals surface area contributed by atoms with Crippen LogP contribution in [0.5, 0.6) is 5.75 Å². The van der Waals surface area contributed by atoms with E-state index in [0.29, 0.717) is 29.2 Å². The zero-order valence-electron chi connectivity index (χ0n) is 17.7. The molecule has 170 valence electrons. The summed E-state index contributed by atoms with van der Waals surface area (Å²) in [6.07, 6.45) is 7.58. The molecule has 2 bridgehead atoms. The number of morpholine rings is 1. The van der Waals surface area contributed by atoms with Crippen molar-refractivity contribution in [3.05, 3.63) is 18.3 Å². The maximum absolute atomic E-state index is 12.8. The van der Waals surface area contributed by atoms with Crippen molar-refractivity contribution in [1.29, 1.82) is 0 Å². The summed E-state index contributed by atoms with van der Waals surface area (Å²) in [5.74, 6) is 1.29. The minimum atomic E-state index is -2.98. The van der Waals surface area contributed by atoms with Gasteiger partial charge in [0.05, 0.1) is 24.4 Å². The summed E-state index contributed by atoms with van der Waals surface area (Å²) in [6.45, 7) is 0.406. The number of ether oxygens (including phenoxy) is 2. The second-order valence-corrected chi connectivity index (χ2v) is 9.41. The molecule has 6 heterocycles. The smallest absolute Gasteiger partial charge is 0.387 e. The fraction of sp³-hybridized carbons (Fsp3) is 0.591.